The number of methoxy groups -OCH3 is 1. The summed E-state index contributed by atoms with van der Waals surface area (Å²) in [6.07, 6.45) is 0.414. The van der Waals surface area contributed by atoms with Crippen molar-refractivity contribution in [1.82, 2.24) is 0 Å². The third-order valence-electron chi connectivity index (χ3n) is 2.28. The van der Waals surface area contributed by atoms with Crippen molar-refractivity contribution in [3.8, 4) is 5.75 Å². The molecule has 0 bridgehead atoms. The van der Waals surface area contributed by atoms with Crippen LogP contribution < -0.4 is 4.74 Å². The minimum atomic E-state index is -0.499. The highest BCUT2D eigenvalue weighted by Crippen LogP contribution is 2.24. The number of halogens is 1. The van der Waals surface area contributed by atoms with Crippen molar-refractivity contribution >= 4 is 5.97 Å². The van der Waals surface area contributed by atoms with Crippen LogP contribution in [0.5, 0.6) is 5.75 Å². The second-order valence-corrected chi connectivity index (χ2v) is 3.18. The molecule has 0 radical (unpaired) electrons. The van der Waals surface area contributed by atoms with Crippen molar-refractivity contribution in [2.45, 2.75) is 20.3 Å². The van der Waals surface area contributed by atoms with E-state index in [0.29, 0.717) is 12.0 Å². The van der Waals surface area contributed by atoms with Crippen LogP contribution in [0.25, 0.3) is 0 Å². The molecule has 0 aromatic heterocycles. The molecule has 0 N–H and O–H groups in total. The van der Waals surface area contributed by atoms with E-state index < -0.39 is 11.8 Å². The largest absolute Gasteiger partial charge is 0.494 e. The van der Waals surface area contributed by atoms with Crippen molar-refractivity contribution in [2.24, 2.45) is 0 Å². The van der Waals surface area contributed by atoms with Gasteiger partial charge in [-0.2, -0.15) is 0 Å². The average Bonchev–Trinajstić information content (AvgIpc) is 2.28. The fourth-order valence-corrected chi connectivity index (χ4v) is 1.50. The van der Waals surface area contributed by atoms with Gasteiger partial charge in [0.1, 0.15) is 0 Å². The van der Waals surface area contributed by atoms with Gasteiger partial charge in [0, 0.05) is 5.56 Å². The van der Waals surface area contributed by atoms with Gasteiger partial charge in [0.2, 0.25) is 0 Å². The lowest BCUT2D eigenvalue weighted by Gasteiger charge is -2.10. The minimum Gasteiger partial charge on any atom is -0.494 e. The third-order valence-corrected chi connectivity index (χ3v) is 2.28. The number of esters is 1. The van der Waals surface area contributed by atoms with Crippen molar-refractivity contribution in [3.05, 3.63) is 29.1 Å². The highest BCUT2D eigenvalue weighted by Gasteiger charge is 2.18. The Balaban J connectivity index is 3.20. The van der Waals surface area contributed by atoms with E-state index in [4.69, 9.17) is 9.47 Å². The average molecular weight is 226 g/mol. The predicted molar refractivity (Wildman–Crippen MR) is 58.3 cm³/mol. The topological polar surface area (TPSA) is 35.5 Å². The van der Waals surface area contributed by atoms with Crippen LogP contribution in [-0.4, -0.2) is 19.7 Å². The van der Waals surface area contributed by atoms with Gasteiger partial charge < -0.3 is 9.47 Å². The zero-order valence-electron chi connectivity index (χ0n) is 9.67. The maximum absolute atomic E-state index is 13.8. The van der Waals surface area contributed by atoms with E-state index in [-0.39, 0.29) is 17.9 Å². The van der Waals surface area contributed by atoms with Gasteiger partial charge in [0.05, 0.1) is 19.3 Å². The summed E-state index contributed by atoms with van der Waals surface area (Å²) in [5.41, 5.74) is 0.598. The number of carbonyl (C=O) groups excluding carboxylic acids is 1. The Hall–Kier alpha value is -1.58. The molecular formula is C12H15FO3. The SMILES string of the molecule is CCOC(=O)c1ccc(OC)c(F)c1CC. The number of ether oxygens (including phenoxy) is 2. The molecule has 0 aliphatic heterocycles. The molecule has 0 atom stereocenters. The molecule has 0 spiro atoms. The quantitative estimate of drug-likeness (QED) is 0.740. The van der Waals surface area contributed by atoms with Gasteiger partial charge in [-0.1, -0.05) is 6.92 Å². The van der Waals surface area contributed by atoms with Crippen molar-refractivity contribution in [2.75, 3.05) is 13.7 Å². The Labute approximate surface area is 94.2 Å². The van der Waals surface area contributed by atoms with Crippen LogP contribution in [-0.2, 0) is 11.2 Å². The zero-order valence-corrected chi connectivity index (χ0v) is 9.67. The van der Waals surface area contributed by atoms with Gasteiger partial charge in [-0.3, -0.25) is 0 Å². The molecule has 3 nitrogen and oxygen atoms in total. The van der Waals surface area contributed by atoms with Gasteiger partial charge >= 0.3 is 5.97 Å². The number of hydrogen-bond acceptors (Lipinski definition) is 3. The number of hydrogen-bond donors (Lipinski definition) is 0. The molecule has 0 unspecified atom stereocenters. The van der Waals surface area contributed by atoms with Crippen molar-refractivity contribution < 1.29 is 18.7 Å². The fraction of sp³-hybridized carbons (Fsp3) is 0.417. The Kier molecular flexibility index (Phi) is 4.28. The highest BCUT2D eigenvalue weighted by atomic mass is 19.1. The maximum atomic E-state index is 13.8. The summed E-state index contributed by atoms with van der Waals surface area (Å²) in [4.78, 5) is 11.5. The summed E-state index contributed by atoms with van der Waals surface area (Å²) >= 11 is 0. The van der Waals surface area contributed by atoms with Gasteiger partial charge in [-0.05, 0) is 25.5 Å². The predicted octanol–water partition coefficient (Wildman–Crippen LogP) is 2.57. The zero-order chi connectivity index (χ0) is 12.1. The van der Waals surface area contributed by atoms with Crippen LogP contribution in [0.1, 0.15) is 29.8 Å². The summed E-state index contributed by atoms with van der Waals surface area (Å²) in [7, 11) is 1.39. The number of benzene rings is 1. The normalized spacial score (nSPS) is 10.0. The van der Waals surface area contributed by atoms with E-state index in [1.165, 1.54) is 19.2 Å². The molecule has 0 saturated heterocycles. The van der Waals surface area contributed by atoms with Gasteiger partial charge in [-0.15, -0.1) is 0 Å². The van der Waals surface area contributed by atoms with E-state index in [2.05, 4.69) is 0 Å². The molecule has 16 heavy (non-hydrogen) atoms. The number of rotatable bonds is 4. The first-order chi connectivity index (χ1) is 7.65. The standard InChI is InChI=1S/C12H15FO3/c1-4-8-9(12(14)16-5-2)6-7-10(15-3)11(8)13/h6-7H,4-5H2,1-3H3. The molecule has 88 valence electrons. The third kappa shape index (κ3) is 2.32. The molecule has 0 saturated carbocycles. The van der Waals surface area contributed by atoms with Crippen LogP contribution in [0.15, 0.2) is 12.1 Å². The van der Waals surface area contributed by atoms with Crippen LogP contribution >= 0.6 is 0 Å². The monoisotopic (exact) mass is 226 g/mol. The first-order valence-corrected chi connectivity index (χ1v) is 5.18. The van der Waals surface area contributed by atoms with E-state index in [9.17, 15) is 9.18 Å². The Morgan fingerprint density at radius 2 is 2.06 bits per heavy atom. The lowest BCUT2D eigenvalue weighted by atomic mass is 10.0. The molecule has 0 fully saturated rings. The lowest BCUT2D eigenvalue weighted by Crippen LogP contribution is -2.10. The summed E-state index contributed by atoms with van der Waals surface area (Å²) < 4.78 is 23.5. The molecule has 0 heterocycles. The van der Waals surface area contributed by atoms with Gasteiger partial charge in [-0.25, -0.2) is 9.18 Å². The molecule has 0 aliphatic rings. The highest BCUT2D eigenvalue weighted by molar-refractivity contribution is 5.91. The second-order valence-electron chi connectivity index (χ2n) is 3.18. The van der Waals surface area contributed by atoms with Crippen LogP contribution in [0.2, 0.25) is 0 Å². The van der Waals surface area contributed by atoms with Crippen LogP contribution in [0.3, 0.4) is 0 Å². The fourth-order valence-electron chi connectivity index (χ4n) is 1.50. The Morgan fingerprint density at radius 3 is 2.56 bits per heavy atom. The van der Waals surface area contributed by atoms with Gasteiger partial charge in [0.25, 0.3) is 0 Å². The second kappa shape index (κ2) is 5.49. The Bertz CT molecular complexity index is 388. The van der Waals surface area contributed by atoms with Crippen molar-refractivity contribution in [3.63, 3.8) is 0 Å². The number of carbonyl (C=O) groups is 1. The molecule has 1 aromatic carbocycles. The first-order valence-electron chi connectivity index (χ1n) is 5.18. The summed E-state index contributed by atoms with van der Waals surface area (Å²) in [6.45, 7) is 3.76. The van der Waals surface area contributed by atoms with E-state index in [1.54, 1.807) is 13.8 Å². The van der Waals surface area contributed by atoms with Gasteiger partial charge in [0.15, 0.2) is 11.6 Å². The van der Waals surface area contributed by atoms with Crippen LogP contribution in [0, 0.1) is 5.82 Å². The maximum Gasteiger partial charge on any atom is 0.338 e. The molecule has 1 aromatic rings. The van der Waals surface area contributed by atoms with E-state index >= 15 is 0 Å². The van der Waals surface area contributed by atoms with Crippen LogP contribution in [0.4, 0.5) is 4.39 Å². The molecule has 4 heteroatoms. The minimum absolute atomic E-state index is 0.143. The smallest absolute Gasteiger partial charge is 0.338 e. The Morgan fingerprint density at radius 1 is 1.38 bits per heavy atom. The molecule has 1 rings (SSSR count). The summed E-state index contributed by atoms with van der Waals surface area (Å²) in [6, 6.07) is 2.96. The first kappa shape index (κ1) is 12.5. The van der Waals surface area contributed by atoms with Crippen molar-refractivity contribution in [1.29, 1.82) is 0 Å². The molecule has 0 aliphatic carbocycles. The summed E-state index contributed by atoms with van der Waals surface area (Å²) in [5.74, 6) is -0.846. The van der Waals surface area contributed by atoms with E-state index in [1.807, 2.05) is 0 Å². The lowest BCUT2D eigenvalue weighted by molar-refractivity contribution is 0.0524. The van der Waals surface area contributed by atoms with E-state index in [0.717, 1.165) is 0 Å². The molecule has 0 amide bonds. The molecular weight excluding hydrogens is 211 g/mol. The summed E-state index contributed by atoms with van der Waals surface area (Å²) in [5, 5.41) is 0.